The summed E-state index contributed by atoms with van der Waals surface area (Å²) in [5, 5.41) is 2.92. The number of nitrogens with zero attached hydrogens (tertiary/aromatic N) is 1. The van der Waals surface area contributed by atoms with Crippen LogP contribution in [0.1, 0.15) is 0 Å². The van der Waals surface area contributed by atoms with Gasteiger partial charge in [-0.15, -0.1) is 24.0 Å². The molecular weight excluding hydrogens is 421 g/mol. The monoisotopic (exact) mass is 441 g/mol. The van der Waals surface area contributed by atoms with Gasteiger partial charge >= 0.3 is 0 Å². The van der Waals surface area contributed by atoms with Crippen molar-refractivity contribution in [2.45, 2.75) is 6.10 Å². The molecule has 1 atom stereocenters. The molecule has 1 aliphatic rings. The van der Waals surface area contributed by atoms with Crippen molar-refractivity contribution in [1.29, 1.82) is 0 Å². The lowest BCUT2D eigenvalue weighted by Gasteiger charge is -2.21. The average Bonchev–Trinajstić information content (AvgIpc) is 2.44. The molecular formula is C13H20IN3O4S. The van der Waals surface area contributed by atoms with Crippen LogP contribution in [0.15, 0.2) is 29.3 Å². The van der Waals surface area contributed by atoms with Crippen LogP contribution in [0.25, 0.3) is 0 Å². The van der Waals surface area contributed by atoms with Gasteiger partial charge < -0.3 is 20.5 Å². The van der Waals surface area contributed by atoms with Gasteiger partial charge in [-0.05, 0) is 12.1 Å². The molecule has 2 rings (SSSR count). The van der Waals surface area contributed by atoms with Crippen LogP contribution in [0.2, 0.25) is 0 Å². The first-order valence-corrected chi connectivity index (χ1v) is 8.34. The van der Waals surface area contributed by atoms with Crippen molar-refractivity contribution in [3.05, 3.63) is 24.3 Å². The third kappa shape index (κ3) is 5.97. The first kappa shape index (κ1) is 19.0. The number of benzene rings is 1. The van der Waals surface area contributed by atoms with Crippen LogP contribution < -0.4 is 15.8 Å². The molecule has 9 heteroatoms. The summed E-state index contributed by atoms with van der Waals surface area (Å²) in [6.07, 6.45) is -0.436. The number of nitrogens with two attached hydrogens (primary N) is 1. The second-order valence-corrected chi connectivity index (χ2v) is 6.92. The summed E-state index contributed by atoms with van der Waals surface area (Å²) >= 11 is 0. The molecule has 1 saturated heterocycles. The zero-order valence-corrected chi connectivity index (χ0v) is 15.3. The minimum absolute atomic E-state index is 0. The standard InChI is InChI=1S/C13H19N3O4S.HI/c1-19-11-4-2-3-10(7-11)16-13(14)15-8-12-9-21(17,18)6-5-20-12;/h2-4,7,12H,5-6,8-9H2,1H3,(H3,14,15,16);1H. The zero-order valence-electron chi connectivity index (χ0n) is 12.2. The summed E-state index contributed by atoms with van der Waals surface area (Å²) in [7, 11) is -1.44. The van der Waals surface area contributed by atoms with Crippen molar-refractivity contribution in [2.24, 2.45) is 10.7 Å². The van der Waals surface area contributed by atoms with Crippen LogP contribution in [-0.4, -0.2) is 52.2 Å². The van der Waals surface area contributed by atoms with E-state index < -0.39 is 15.9 Å². The minimum Gasteiger partial charge on any atom is -0.497 e. The number of aliphatic imine (C=N–C) groups is 1. The van der Waals surface area contributed by atoms with Gasteiger partial charge in [0.1, 0.15) is 5.75 Å². The van der Waals surface area contributed by atoms with E-state index in [0.717, 1.165) is 5.69 Å². The molecule has 1 aromatic carbocycles. The van der Waals surface area contributed by atoms with Crippen LogP contribution in [0.4, 0.5) is 5.69 Å². The lowest BCUT2D eigenvalue weighted by Crippen LogP contribution is -2.37. The van der Waals surface area contributed by atoms with Gasteiger partial charge in [-0.25, -0.2) is 8.42 Å². The fraction of sp³-hybridized carbons (Fsp3) is 0.462. The van der Waals surface area contributed by atoms with Gasteiger partial charge in [-0.2, -0.15) is 0 Å². The van der Waals surface area contributed by atoms with Crippen LogP contribution in [0.5, 0.6) is 5.75 Å². The van der Waals surface area contributed by atoms with Gasteiger partial charge in [0, 0.05) is 11.8 Å². The fourth-order valence-electron chi connectivity index (χ4n) is 1.95. The molecule has 0 saturated carbocycles. The summed E-state index contributed by atoms with van der Waals surface area (Å²) in [4.78, 5) is 4.12. The van der Waals surface area contributed by atoms with Gasteiger partial charge in [-0.1, -0.05) is 6.07 Å². The highest BCUT2D eigenvalue weighted by Crippen LogP contribution is 2.16. The molecule has 0 amide bonds. The molecule has 1 fully saturated rings. The molecule has 1 aliphatic heterocycles. The SMILES string of the molecule is COc1cccc(NC(N)=NCC2CS(=O)(=O)CCO2)c1.I. The molecule has 124 valence electrons. The van der Waals surface area contributed by atoms with Crippen LogP contribution >= 0.6 is 24.0 Å². The number of sulfone groups is 1. The molecule has 0 radical (unpaired) electrons. The molecule has 3 N–H and O–H groups in total. The topological polar surface area (TPSA) is 103 Å². The summed E-state index contributed by atoms with van der Waals surface area (Å²) in [5.74, 6) is 0.970. The van der Waals surface area contributed by atoms with Gasteiger partial charge in [0.15, 0.2) is 15.8 Å². The second kappa shape index (κ2) is 8.53. The van der Waals surface area contributed by atoms with Gasteiger partial charge in [0.05, 0.1) is 37.9 Å². The molecule has 1 heterocycles. The van der Waals surface area contributed by atoms with Crippen molar-refractivity contribution in [2.75, 3.05) is 37.1 Å². The van der Waals surface area contributed by atoms with Crippen molar-refractivity contribution in [1.82, 2.24) is 0 Å². The minimum atomic E-state index is -3.02. The molecule has 0 bridgehead atoms. The van der Waals surface area contributed by atoms with E-state index in [1.807, 2.05) is 18.2 Å². The molecule has 0 aliphatic carbocycles. The number of rotatable bonds is 4. The van der Waals surface area contributed by atoms with Crippen molar-refractivity contribution < 1.29 is 17.9 Å². The Labute approximate surface area is 147 Å². The van der Waals surface area contributed by atoms with E-state index in [-0.39, 0.29) is 54.6 Å². The van der Waals surface area contributed by atoms with Crippen LogP contribution in [-0.2, 0) is 14.6 Å². The summed E-state index contributed by atoms with van der Waals surface area (Å²) in [6, 6.07) is 7.25. The molecule has 22 heavy (non-hydrogen) atoms. The molecule has 7 nitrogen and oxygen atoms in total. The van der Waals surface area contributed by atoms with E-state index in [2.05, 4.69) is 10.3 Å². The second-order valence-electron chi connectivity index (χ2n) is 4.69. The normalized spacial score (nSPS) is 20.8. The number of nitrogens with one attached hydrogen (secondary N) is 1. The maximum atomic E-state index is 11.5. The first-order chi connectivity index (χ1) is 9.98. The number of halogens is 1. The summed E-state index contributed by atoms with van der Waals surface area (Å²) < 4.78 is 33.4. The Bertz CT molecular complexity index is 621. The maximum absolute atomic E-state index is 11.5. The predicted molar refractivity (Wildman–Crippen MR) is 96.9 cm³/mol. The van der Waals surface area contributed by atoms with Crippen LogP contribution in [0.3, 0.4) is 0 Å². The molecule has 1 aromatic rings. The Hall–Kier alpha value is -1.07. The molecule has 1 unspecified atom stereocenters. The van der Waals surface area contributed by atoms with E-state index in [9.17, 15) is 8.42 Å². The van der Waals surface area contributed by atoms with Gasteiger partial charge in [0.25, 0.3) is 0 Å². The van der Waals surface area contributed by atoms with Crippen molar-refractivity contribution >= 4 is 45.5 Å². The number of hydrogen-bond acceptors (Lipinski definition) is 5. The van der Waals surface area contributed by atoms with Crippen molar-refractivity contribution in [3.8, 4) is 5.75 Å². The highest BCUT2D eigenvalue weighted by molar-refractivity contribution is 14.0. The number of ether oxygens (including phenoxy) is 2. The molecule has 0 spiro atoms. The van der Waals surface area contributed by atoms with Gasteiger partial charge in [-0.3, -0.25) is 4.99 Å². The largest absolute Gasteiger partial charge is 0.497 e. The Balaban J connectivity index is 0.00000242. The number of anilines is 1. The lowest BCUT2D eigenvalue weighted by molar-refractivity contribution is 0.0783. The number of methoxy groups -OCH3 is 1. The zero-order chi connectivity index (χ0) is 15.3. The summed E-state index contributed by atoms with van der Waals surface area (Å²) in [6.45, 7) is 0.424. The predicted octanol–water partition coefficient (Wildman–Crippen LogP) is 0.853. The third-order valence-corrected chi connectivity index (χ3v) is 4.66. The van der Waals surface area contributed by atoms with Gasteiger partial charge in [0.2, 0.25) is 0 Å². The lowest BCUT2D eigenvalue weighted by atomic mass is 10.3. The highest BCUT2D eigenvalue weighted by atomic mass is 127. The first-order valence-electron chi connectivity index (χ1n) is 6.51. The number of hydrogen-bond donors (Lipinski definition) is 2. The maximum Gasteiger partial charge on any atom is 0.193 e. The Morgan fingerprint density at radius 2 is 2.32 bits per heavy atom. The van der Waals surface area contributed by atoms with E-state index >= 15 is 0 Å². The van der Waals surface area contributed by atoms with Crippen molar-refractivity contribution in [3.63, 3.8) is 0 Å². The third-order valence-electron chi connectivity index (χ3n) is 3.00. The van der Waals surface area contributed by atoms with Crippen LogP contribution in [0, 0.1) is 0 Å². The number of guanidine groups is 1. The molecule has 0 aromatic heterocycles. The highest BCUT2D eigenvalue weighted by Gasteiger charge is 2.25. The summed E-state index contributed by atoms with van der Waals surface area (Å²) in [5.41, 5.74) is 6.52. The Kier molecular flexibility index (Phi) is 7.36. The Morgan fingerprint density at radius 3 is 3.00 bits per heavy atom. The quantitative estimate of drug-likeness (QED) is 0.408. The Morgan fingerprint density at radius 1 is 1.55 bits per heavy atom. The van der Waals surface area contributed by atoms with E-state index in [1.54, 1.807) is 13.2 Å². The smallest absolute Gasteiger partial charge is 0.193 e. The van der Waals surface area contributed by atoms with E-state index in [0.29, 0.717) is 5.75 Å². The van der Waals surface area contributed by atoms with E-state index in [4.69, 9.17) is 15.2 Å². The van der Waals surface area contributed by atoms with E-state index in [1.165, 1.54) is 0 Å². The fourth-order valence-corrected chi connectivity index (χ4v) is 3.24. The average molecular weight is 441 g/mol.